The zero-order valence-electron chi connectivity index (χ0n) is 13.7. The molecule has 0 bridgehead atoms. The first-order chi connectivity index (χ1) is 11.8. The smallest absolute Gasteiger partial charge is 0.329 e. The van der Waals surface area contributed by atoms with Gasteiger partial charge in [-0.1, -0.05) is 31.4 Å². The number of hydrogen-bond acceptors (Lipinski definition) is 4. The number of ether oxygens (including phenoxy) is 1. The Morgan fingerprint density at radius 2 is 2.00 bits per heavy atom. The number of nitrogens with zero attached hydrogens (tertiary/aromatic N) is 3. The number of imidazole rings is 1. The molecule has 1 aliphatic carbocycles. The Hall–Kier alpha value is -2.63. The lowest BCUT2D eigenvalue weighted by Gasteiger charge is -2.22. The van der Waals surface area contributed by atoms with Crippen LogP contribution in [-0.2, 0) is 0 Å². The second-order valence-electron chi connectivity index (χ2n) is 6.22. The third kappa shape index (κ3) is 2.48. The minimum absolute atomic E-state index is 0.117. The van der Waals surface area contributed by atoms with Crippen LogP contribution in [0.5, 0.6) is 5.75 Å². The van der Waals surface area contributed by atoms with Crippen LogP contribution in [0.2, 0.25) is 0 Å². The van der Waals surface area contributed by atoms with Crippen LogP contribution in [0.1, 0.15) is 38.1 Å². The summed E-state index contributed by atoms with van der Waals surface area (Å²) in [7, 11) is 1.64. The Morgan fingerprint density at radius 3 is 2.79 bits per heavy atom. The Labute approximate surface area is 139 Å². The fraction of sp³-hybridized carbons (Fsp3) is 0.389. The maximum Gasteiger partial charge on any atom is 0.329 e. The number of aromatic amines is 1. The summed E-state index contributed by atoms with van der Waals surface area (Å²) in [5.74, 6) is 0.744. The summed E-state index contributed by atoms with van der Waals surface area (Å²) in [6.45, 7) is 0. The normalized spacial score (nSPS) is 15.7. The fourth-order valence-corrected chi connectivity index (χ4v) is 3.56. The standard InChI is InChI=1S/C18H20N4O2/c1-24-15-10-6-5-9-13(15)14-11-19-16-17(20-14)22(18(23)21-16)12-7-3-2-4-8-12/h5-6,9-12H,2-4,7-8H2,1H3,(H,19,21,23). The SMILES string of the molecule is COc1ccccc1-c1cnc2[nH]c(=O)n(C3CCCCC3)c2n1. The van der Waals surface area contributed by atoms with Crippen molar-refractivity contribution in [2.75, 3.05) is 7.11 Å². The summed E-state index contributed by atoms with van der Waals surface area (Å²) in [6.07, 6.45) is 7.28. The summed E-state index contributed by atoms with van der Waals surface area (Å²) >= 11 is 0. The first-order valence-corrected chi connectivity index (χ1v) is 8.38. The van der Waals surface area contributed by atoms with Crippen LogP contribution in [-0.4, -0.2) is 26.6 Å². The molecule has 0 amide bonds. The molecule has 0 unspecified atom stereocenters. The summed E-state index contributed by atoms with van der Waals surface area (Å²) in [5.41, 5.74) is 2.65. The van der Waals surface area contributed by atoms with E-state index in [1.807, 2.05) is 24.3 Å². The molecule has 24 heavy (non-hydrogen) atoms. The number of nitrogens with one attached hydrogen (secondary N) is 1. The highest BCUT2D eigenvalue weighted by Crippen LogP contribution is 2.31. The molecule has 3 aromatic rings. The van der Waals surface area contributed by atoms with Gasteiger partial charge >= 0.3 is 5.69 Å². The van der Waals surface area contributed by atoms with Gasteiger partial charge < -0.3 is 4.74 Å². The monoisotopic (exact) mass is 324 g/mol. The average molecular weight is 324 g/mol. The quantitative estimate of drug-likeness (QED) is 0.802. The Morgan fingerprint density at radius 1 is 1.21 bits per heavy atom. The van der Waals surface area contributed by atoms with E-state index in [9.17, 15) is 4.79 Å². The van der Waals surface area contributed by atoms with Crippen LogP contribution < -0.4 is 10.4 Å². The van der Waals surface area contributed by atoms with Crippen LogP contribution in [0, 0.1) is 0 Å². The molecule has 2 heterocycles. The van der Waals surface area contributed by atoms with E-state index in [0.29, 0.717) is 17.0 Å². The van der Waals surface area contributed by atoms with Crippen molar-refractivity contribution in [2.24, 2.45) is 0 Å². The van der Waals surface area contributed by atoms with Gasteiger partial charge in [-0.25, -0.2) is 14.8 Å². The zero-order chi connectivity index (χ0) is 16.5. The van der Waals surface area contributed by atoms with Crippen LogP contribution in [0.4, 0.5) is 0 Å². The molecule has 4 rings (SSSR count). The molecule has 0 spiro atoms. The van der Waals surface area contributed by atoms with E-state index < -0.39 is 0 Å². The molecule has 124 valence electrons. The fourth-order valence-electron chi connectivity index (χ4n) is 3.56. The summed E-state index contributed by atoms with van der Waals surface area (Å²) in [5, 5.41) is 0. The van der Waals surface area contributed by atoms with Crippen molar-refractivity contribution in [3.8, 4) is 17.0 Å². The number of para-hydroxylation sites is 1. The predicted molar refractivity (Wildman–Crippen MR) is 92.3 cm³/mol. The molecule has 0 atom stereocenters. The highest BCUT2D eigenvalue weighted by Gasteiger charge is 2.21. The molecule has 1 aliphatic rings. The van der Waals surface area contributed by atoms with E-state index in [-0.39, 0.29) is 11.7 Å². The lowest BCUT2D eigenvalue weighted by atomic mass is 9.95. The molecule has 6 nitrogen and oxygen atoms in total. The topological polar surface area (TPSA) is 72.8 Å². The number of rotatable bonds is 3. The van der Waals surface area contributed by atoms with Gasteiger partial charge in [0.15, 0.2) is 11.3 Å². The van der Waals surface area contributed by atoms with Gasteiger partial charge in [-0.2, -0.15) is 0 Å². The van der Waals surface area contributed by atoms with Gasteiger partial charge in [0.1, 0.15) is 5.75 Å². The summed E-state index contributed by atoms with van der Waals surface area (Å²) in [4.78, 5) is 24.4. The number of hydrogen-bond donors (Lipinski definition) is 1. The maximum atomic E-state index is 12.4. The largest absolute Gasteiger partial charge is 0.496 e. The molecular weight excluding hydrogens is 304 g/mol. The predicted octanol–water partition coefficient (Wildman–Crippen LogP) is 3.30. The number of benzene rings is 1. The molecular formula is C18H20N4O2. The summed E-state index contributed by atoms with van der Waals surface area (Å²) < 4.78 is 7.21. The lowest BCUT2D eigenvalue weighted by Crippen LogP contribution is -2.24. The molecule has 6 heteroatoms. The minimum Gasteiger partial charge on any atom is -0.496 e. The van der Waals surface area contributed by atoms with Crippen molar-refractivity contribution >= 4 is 11.3 Å². The van der Waals surface area contributed by atoms with E-state index in [4.69, 9.17) is 9.72 Å². The number of H-pyrrole nitrogens is 1. The Balaban J connectivity index is 1.86. The zero-order valence-corrected chi connectivity index (χ0v) is 13.7. The van der Waals surface area contributed by atoms with Crippen molar-refractivity contribution in [1.82, 2.24) is 19.5 Å². The first kappa shape index (κ1) is 14.9. The van der Waals surface area contributed by atoms with Crippen molar-refractivity contribution in [1.29, 1.82) is 0 Å². The van der Waals surface area contributed by atoms with Gasteiger partial charge in [-0.05, 0) is 25.0 Å². The molecule has 1 fully saturated rings. The number of fused-ring (bicyclic) bond motifs is 1. The third-order valence-electron chi connectivity index (χ3n) is 4.75. The molecule has 0 saturated heterocycles. The molecule has 0 aliphatic heterocycles. The van der Waals surface area contributed by atoms with Gasteiger partial charge in [0.2, 0.25) is 0 Å². The molecule has 2 aromatic heterocycles. The molecule has 1 aromatic carbocycles. The van der Waals surface area contributed by atoms with Crippen molar-refractivity contribution < 1.29 is 4.74 Å². The van der Waals surface area contributed by atoms with Gasteiger partial charge in [0.05, 0.1) is 19.0 Å². The first-order valence-electron chi connectivity index (χ1n) is 8.38. The van der Waals surface area contributed by atoms with Crippen molar-refractivity contribution in [3.63, 3.8) is 0 Å². The maximum absolute atomic E-state index is 12.4. The third-order valence-corrected chi connectivity index (χ3v) is 4.75. The van der Waals surface area contributed by atoms with Crippen LogP contribution in [0.15, 0.2) is 35.3 Å². The van der Waals surface area contributed by atoms with Gasteiger partial charge in [-0.15, -0.1) is 0 Å². The molecule has 0 radical (unpaired) electrons. The van der Waals surface area contributed by atoms with E-state index in [2.05, 4.69) is 9.97 Å². The van der Waals surface area contributed by atoms with Crippen LogP contribution >= 0.6 is 0 Å². The van der Waals surface area contributed by atoms with Crippen molar-refractivity contribution in [3.05, 3.63) is 40.9 Å². The van der Waals surface area contributed by atoms with E-state index >= 15 is 0 Å². The van der Waals surface area contributed by atoms with Crippen LogP contribution in [0.25, 0.3) is 22.6 Å². The van der Waals surface area contributed by atoms with E-state index in [1.165, 1.54) is 6.42 Å². The van der Waals surface area contributed by atoms with Crippen LogP contribution in [0.3, 0.4) is 0 Å². The number of aromatic nitrogens is 4. The lowest BCUT2D eigenvalue weighted by molar-refractivity contribution is 0.352. The average Bonchev–Trinajstić information content (AvgIpc) is 2.97. The highest BCUT2D eigenvalue weighted by molar-refractivity contribution is 5.73. The molecule has 1 saturated carbocycles. The van der Waals surface area contributed by atoms with Crippen molar-refractivity contribution in [2.45, 2.75) is 38.1 Å². The molecule has 1 N–H and O–H groups in total. The van der Waals surface area contributed by atoms with Gasteiger partial charge in [0.25, 0.3) is 0 Å². The van der Waals surface area contributed by atoms with Gasteiger partial charge in [0, 0.05) is 11.6 Å². The Bertz CT molecular complexity index is 922. The Kier molecular flexibility index (Phi) is 3.80. The second kappa shape index (κ2) is 6.11. The van der Waals surface area contributed by atoms with E-state index in [1.54, 1.807) is 17.9 Å². The number of methoxy groups -OCH3 is 1. The minimum atomic E-state index is -0.117. The van der Waals surface area contributed by atoms with E-state index in [0.717, 1.165) is 37.0 Å². The second-order valence-corrected chi connectivity index (χ2v) is 6.22. The van der Waals surface area contributed by atoms with Gasteiger partial charge in [-0.3, -0.25) is 9.55 Å². The highest BCUT2D eigenvalue weighted by atomic mass is 16.5. The summed E-state index contributed by atoms with van der Waals surface area (Å²) in [6, 6.07) is 7.91.